The molecule has 0 saturated heterocycles. The van der Waals surface area contributed by atoms with Crippen LogP contribution in [0.5, 0.6) is 0 Å². The summed E-state index contributed by atoms with van der Waals surface area (Å²) in [5.74, 6) is 0.157. The molecule has 0 aliphatic heterocycles. The molecule has 1 heterocycles. The van der Waals surface area contributed by atoms with Gasteiger partial charge in [0.1, 0.15) is 21.9 Å². The minimum absolute atomic E-state index is 0.157. The van der Waals surface area contributed by atoms with Crippen LogP contribution in [0.2, 0.25) is 0 Å². The van der Waals surface area contributed by atoms with E-state index in [-0.39, 0.29) is 5.82 Å². The quantitative estimate of drug-likeness (QED) is 0.838. The molecule has 90 valence electrons. The summed E-state index contributed by atoms with van der Waals surface area (Å²) in [5, 5.41) is -0.473. The van der Waals surface area contributed by atoms with Crippen molar-refractivity contribution in [2.75, 3.05) is 21.8 Å². The minimum atomic E-state index is -3.30. The van der Waals surface area contributed by atoms with Gasteiger partial charge in [-0.25, -0.2) is 17.6 Å². The third-order valence-corrected chi connectivity index (χ3v) is 4.88. The number of halogens is 1. The van der Waals surface area contributed by atoms with E-state index >= 15 is 0 Å². The van der Waals surface area contributed by atoms with Crippen LogP contribution < -0.4 is 10.5 Å². The number of nitrogens with two attached hydrogens (primary N) is 1. The lowest BCUT2D eigenvalue weighted by atomic mass is 10.4. The fraction of sp³-hybridized carbons (Fsp3) is 0.286. The summed E-state index contributed by atoms with van der Waals surface area (Å²) in [4.78, 5) is 3.81. The first-order valence-electron chi connectivity index (χ1n) is 4.02. The second kappa shape index (κ2) is 5.11. The number of rotatable bonds is 4. The Morgan fingerprint density at radius 2 is 2.25 bits per heavy atom. The van der Waals surface area contributed by atoms with Gasteiger partial charge in [0.15, 0.2) is 9.84 Å². The molecule has 0 fully saturated rings. The van der Waals surface area contributed by atoms with E-state index in [4.69, 9.17) is 5.73 Å². The van der Waals surface area contributed by atoms with Crippen LogP contribution in [0.15, 0.2) is 16.7 Å². The first-order valence-corrected chi connectivity index (χ1v) is 8.19. The summed E-state index contributed by atoms with van der Waals surface area (Å²) >= 11 is 3.17. The highest BCUT2D eigenvalue weighted by atomic mass is 79.9. The Kier molecular flexibility index (Phi) is 4.28. The number of pyridine rings is 1. The van der Waals surface area contributed by atoms with E-state index in [1.807, 2.05) is 0 Å². The molecule has 16 heavy (non-hydrogen) atoms. The van der Waals surface area contributed by atoms with Gasteiger partial charge in [0.05, 0.1) is 5.69 Å². The molecule has 0 bridgehead atoms. The molecule has 0 radical (unpaired) electrons. The number of nitrogens with zero attached hydrogens (tertiary/aromatic N) is 1. The van der Waals surface area contributed by atoms with Crippen molar-refractivity contribution < 1.29 is 12.6 Å². The highest BCUT2D eigenvalue weighted by molar-refractivity contribution is 9.10. The monoisotopic (exact) mass is 327 g/mol. The van der Waals surface area contributed by atoms with Crippen LogP contribution in [0, 0.1) is 0 Å². The lowest BCUT2D eigenvalue weighted by molar-refractivity contribution is 0.605. The molecule has 1 unspecified atom stereocenters. The van der Waals surface area contributed by atoms with Crippen molar-refractivity contribution in [1.82, 2.24) is 4.98 Å². The smallest absolute Gasteiger partial charge is 0.161 e. The molecule has 0 amide bonds. The number of aromatic nitrogens is 1. The van der Waals surface area contributed by atoms with Crippen LogP contribution in [0.4, 0.5) is 11.5 Å². The molecule has 6 nitrogen and oxygen atoms in total. The number of nitrogen functional groups attached to an aromatic ring is 1. The molecule has 1 atom stereocenters. The third-order valence-electron chi connectivity index (χ3n) is 1.43. The zero-order chi connectivity index (χ0) is 12.3. The first kappa shape index (κ1) is 13.4. The fourth-order valence-electron chi connectivity index (χ4n) is 0.878. The predicted octanol–water partition coefficient (Wildman–Crippen LogP) is 0.504. The summed E-state index contributed by atoms with van der Waals surface area (Å²) in [6.45, 7) is 0. The Labute approximate surface area is 104 Å². The van der Waals surface area contributed by atoms with Crippen LogP contribution in [-0.4, -0.2) is 29.0 Å². The Hall–Kier alpha value is -0.670. The van der Waals surface area contributed by atoms with E-state index < -0.39 is 25.9 Å². The molecular weight excluding hydrogens is 318 g/mol. The molecule has 1 rings (SSSR count). The van der Waals surface area contributed by atoms with E-state index in [2.05, 4.69) is 25.6 Å². The van der Waals surface area contributed by atoms with Crippen molar-refractivity contribution in [3.63, 3.8) is 0 Å². The van der Waals surface area contributed by atoms with Crippen molar-refractivity contribution >= 4 is 48.3 Å². The Balaban J connectivity index is 2.81. The Morgan fingerprint density at radius 1 is 1.62 bits per heavy atom. The molecule has 1 aromatic rings. The molecule has 9 heteroatoms. The van der Waals surface area contributed by atoms with Gasteiger partial charge in [0.2, 0.25) is 0 Å². The average Bonchev–Trinajstić information content (AvgIpc) is 2.08. The summed E-state index contributed by atoms with van der Waals surface area (Å²) in [6, 6.07) is 1.57. The van der Waals surface area contributed by atoms with E-state index in [9.17, 15) is 12.6 Å². The molecule has 0 saturated carbocycles. The number of hydrogen-bond donors (Lipinski definition) is 2. The van der Waals surface area contributed by atoms with Gasteiger partial charge in [-0.2, -0.15) is 0 Å². The van der Waals surface area contributed by atoms with Gasteiger partial charge in [0, 0.05) is 16.9 Å². The van der Waals surface area contributed by atoms with Gasteiger partial charge in [-0.1, -0.05) is 0 Å². The normalized spacial score (nSPS) is 13.4. The summed E-state index contributed by atoms with van der Waals surface area (Å²) in [6.07, 6.45) is 2.50. The maximum absolute atomic E-state index is 11.4. The molecule has 0 aromatic carbocycles. The van der Waals surface area contributed by atoms with Crippen LogP contribution in [-0.2, 0) is 20.8 Å². The van der Waals surface area contributed by atoms with E-state index in [1.54, 1.807) is 6.07 Å². The van der Waals surface area contributed by atoms with E-state index in [0.29, 0.717) is 10.2 Å². The zero-order valence-corrected chi connectivity index (χ0v) is 11.5. The molecule has 3 N–H and O–H groups in total. The second-order valence-electron chi connectivity index (χ2n) is 3.08. The summed E-state index contributed by atoms with van der Waals surface area (Å²) in [7, 11) is -5.04. The average molecular weight is 328 g/mol. The molecular formula is C7H10BrN3O3S2. The Morgan fingerprint density at radius 3 is 2.81 bits per heavy atom. The van der Waals surface area contributed by atoms with Crippen LogP contribution in [0.1, 0.15) is 0 Å². The highest BCUT2D eigenvalue weighted by Crippen LogP contribution is 2.21. The number of anilines is 2. The number of nitrogens with one attached hydrogen (secondary N) is 1. The molecule has 1 aromatic heterocycles. The van der Waals surface area contributed by atoms with Gasteiger partial charge < -0.3 is 10.5 Å². The Bertz CT molecular complexity index is 518. The fourth-order valence-corrected chi connectivity index (χ4v) is 3.41. The second-order valence-corrected chi connectivity index (χ2v) is 7.68. The summed E-state index contributed by atoms with van der Waals surface area (Å²) < 4.78 is 36.3. The first-order chi connectivity index (χ1) is 7.28. The van der Waals surface area contributed by atoms with Gasteiger partial charge in [-0.15, -0.1) is 0 Å². The lowest BCUT2D eigenvalue weighted by Crippen LogP contribution is -2.16. The largest absolute Gasteiger partial charge is 0.382 e. The van der Waals surface area contributed by atoms with Gasteiger partial charge >= 0.3 is 0 Å². The van der Waals surface area contributed by atoms with Gasteiger partial charge in [-0.3, -0.25) is 0 Å². The van der Waals surface area contributed by atoms with Crippen LogP contribution in [0.3, 0.4) is 0 Å². The van der Waals surface area contributed by atoms with E-state index in [0.717, 1.165) is 6.26 Å². The molecule has 0 aliphatic carbocycles. The van der Waals surface area contributed by atoms with Crippen LogP contribution in [0.25, 0.3) is 0 Å². The zero-order valence-electron chi connectivity index (χ0n) is 8.31. The highest BCUT2D eigenvalue weighted by Gasteiger charge is 2.11. The standard InChI is InChI=1S/C7H10BrN3O3S2/c1-16(13,14)4-15(12)11-6-2-5(8)3-10-7(6)9/h2-3,11H,4H2,1H3,(H2,9,10). The lowest BCUT2D eigenvalue weighted by Gasteiger charge is -2.07. The maximum Gasteiger partial charge on any atom is 0.161 e. The van der Waals surface area contributed by atoms with Crippen molar-refractivity contribution in [3.8, 4) is 0 Å². The van der Waals surface area contributed by atoms with Crippen molar-refractivity contribution in [2.24, 2.45) is 0 Å². The van der Waals surface area contributed by atoms with Crippen molar-refractivity contribution in [1.29, 1.82) is 0 Å². The minimum Gasteiger partial charge on any atom is -0.382 e. The number of hydrogen-bond acceptors (Lipinski definition) is 5. The summed E-state index contributed by atoms with van der Waals surface area (Å²) in [5.41, 5.74) is 5.85. The number of sulfone groups is 1. The molecule has 0 aliphatic rings. The topological polar surface area (TPSA) is 102 Å². The molecule has 0 spiro atoms. The van der Waals surface area contributed by atoms with Gasteiger partial charge in [0.25, 0.3) is 0 Å². The van der Waals surface area contributed by atoms with E-state index in [1.165, 1.54) is 6.20 Å². The third kappa shape index (κ3) is 4.45. The SMILES string of the molecule is CS(=O)(=O)CS(=O)Nc1cc(Br)cnc1N. The maximum atomic E-state index is 11.4. The van der Waals surface area contributed by atoms with Crippen LogP contribution >= 0.6 is 15.9 Å². The van der Waals surface area contributed by atoms with Crippen molar-refractivity contribution in [2.45, 2.75) is 0 Å². The predicted molar refractivity (Wildman–Crippen MR) is 67.8 cm³/mol. The van der Waals surface area contributed by atoms with Crippen molar-refractivity contribution in [3.05, 3.63) is 16.7 Å². The van der Waals surface area contributed by atoms with Gasteiger partial charge in [-0.05, 0) is 22.0 Å².